The molecule has 22 heavy (non-hydrogen) atoms. The Kier molecular flexibility index (Phi) is 4.50. The molecule has 6 nitrogen and oxygen atoms in total. The van der Waals surface area contributed by atoms with Gasteiger partial charge in [0.15, 0.2) is 0 Å². The van der Waals surface area contributed by atoms with Crippen molar-refractivity contribution < 1.29 is 4.79 Å². The summed E-state index contributed by atoms with van der Waals surface area (Å²) in [5.41, 5.74) is 8.18. The summed E-state index contributed by atoms with van der Waals surface area (Å²) in [4.78, 5) is 12.4. The molecule has 0 aliphatic carbocycles. The SMILES string of the molecule is CCCn1nccc1C(=O)NC1CC(c2ccccc2)NN1. The van der Waals surface area contributed by atoms with E-state index in [1.807, 2.05) is 18.2 Å². The maximum atomic E-state index is 12.4. The number of hydrogen-bond acceptors (Lipinski definition) is 4. The first-order chi connectivity index (χ1) is 10.8. The number of rotatable bonds is 5. The van der Waals surface area contributed by atoms with Crippen LogP contribution in [-0.2, 0) is 6.54 Å². The van der Waals surface area contributed by atoms with Crippen molar-refractivity contribution in [2.75, 3.05) is 0 Å². The fourth-order valence-corrected chi connectivity index (χ4v) is 2.70. The predicted octanol–water partition coefficient (Wildman–Crippen LogP) is 1.59. The van der Waals surface area contributed by atoms with E-state index < -0.39 is 0 Å². The van der Waals surface area contributed by atoms with Crippen LogP contribution >= 0.6 is 0 Å². The average molecular weight is 299 g/mol. The fourth-order valence-electron chi connectivity index (χ4n) is 2.70. The maximum Gasteiger partial charge on any atom is 0.270 e. The topological polar surface area (TPSA) is 71.0 Å². The zero-order valence-electron chi connectivity index (χ0n) is 12.6. The number of aryl methyl sites for hydroxylation is 1. The van der Waals surface area contributed by atoms with Gasteiger partial charge in [-0.2, -0.15) is 5.10 Å². The second-order valence-corrected chi connectivity index (χ2v) is 5.45. The standard InChI is InChI=1S/C16H21N5O/c1-2-10-21-14(8-9-17-21)16(22)18-15-11-13(19-20-15)12-6-4-3-5-7-12/h3-9,13,15,19-20H,2,10-11H2,1H3,(H,18,22). The summed E-state index contributed by atoms with van der Waals surface area (Å²) in [6.45, 7) is 2.81. The summed E-state index contributed by atoms with van der Waals surface area (Å²) >= 11 is 0. The molecule has 2 aromatic rings. The van der Waals surface area contributed by atoms with E-state index >= 15 is 0 Å². The van der Waals surface area contributed by atoms with Crippen LogP contribution in [0.2, 0.25) is 0 Å². The number of aromatic nitrogens is 2. The molecule has 0 radical (unpaired) electrons. The van der Waals surface area contributed by atoms with Crippen LogP contribution < -0.4 is 16.2 Å². The molecule has 1 aromatic carbocycles. The number of hydrogen-bond donors (Lipinski definition) is 3. The number of nitrogens with zero attached hydrogens (tertiary/aromatic N) is 2. The summed E-state index contributed by atoms with van der Waals surface area (Å²) in [6, 6.07) is 12.2. The van der Waals surface area contributed by atoms with Crippen molar-refractivity contribution in [2.45, 2.75) is 38.5 Å². The molecular weight excluding hydrogens is 278 g/mol. The Hall–Kier alpha value is -2.18. The minimum absolute atomic E-state index is 0.0947. The quantitative estimate of drug-likeness (QED) is 0.784. The van der Waals surface area contributed by atoms with Gasteiger partial charge in [-0.05, 0) is 18.1 Å². The Morgan fingerprint density at radius 3 is 2.91 bits per heavy atom. The molecule has 116 valence electrons. The summed E-state index contributed by atoms with van der Waals surface area (Å²) < 4.78 is 1.74. The van der Waals surface area contributed by atoms with Crippen LogP contribution in [0.15, 0.2) is 42.6 Å². The lowest BCUT2D eigenvalue weighted by molar-refractivity contribution is 0.0921. The van der Waals surface area contributed by atoms with Crippen LogP contribution in [0.4, 0.5) is 0 Å². The second-order valence-electron chi connectivity index (χ2n) is 5.45. The Morgan fingerprint density at radius 1 is 1.32 bits per heavy atom. The minimum atomic E-state index is -0.0982. The average Bonchev–Trinajstić information content (AvgIpc) is 3.18. The van der Waals surface area contributed by atoms with Gasteiger partial charge in [0.1, 0.15) is 5.69 Å². The molecular formula is C16H21N5O. The first-order valence-electron chi connectivity index (χ1n) is 7.66. The van der Waals surface area contributed by atoms with Gasteiger partial charge in [-0.3, -0.25) is 9.48 Å². The van der Waals surface area contributed by atoms with Gasteiger partial charge in [0.25, 0.3) is 5.91 Å². The third-order valence-corrected chi connectivity index (χ3v) is 3.80. The highest BCUT2D eigenvalue weighted by atomic mass is 16.2. The molecule has 2 atom stereocenters. The smallest absolute Gasteiger partial charge is 0.270 e. The second kappa shape index (κ2) is 6.72. The van der Waals surface area contributed by atoms with Gasteiger partial charge in [0, 0.05) is 25.2 Å². The number of hydrazine groups is 1. The van der Waals surface area contributed by atoms with E-state index in [-0.39, 0.29) is 18.1 Å². The Morgan fingerprint density at radius 2 is 2.14 bits per heavy atom. The number of amides is 1. The van der Waals surface area contributed by atoms with E-state index in [4.69, 9.17) is 0 Å². The lowest BCUT2D eigenvalue weighted by Gasteiger charge is -2.13. The molecule has 1 amide bonds. The van der Waals surface area contributed by atoms with Crippen molar-refractivity contribution in [1.82, 2.24) is 25.9 Å². The predicted molar refractivity (Wildman–Crippen MR) is 83.8 cm³/mol. The Labute approximate surface area is 129 Å². The van der Waals surface area contributed by atoms with E-state index in [0.29, 0.717) is 5.69 Å². The van der Waals surface area contributed by atoms with Gasteiger partial charge in [-0.1, -0.05) is 37.3 Å². The molecule has 1 fully saturated rings. The van der Waals surface area contributed by atoms with Crippen LogP contribution in [0.1, 0.15) is 41.9 Å². The molecule has 2 unspecified atom stereocenters. The van der Waals surface area contributed by atoms with Crippen LogP contribution in [0.3, 0.4) is 0 Å². The van der Waals surface area contributed by atoms with Gasteiger partial charge >= 0.3 is 0 Å². The molecule has 1 aliphatic heterocycles. The monoisotopic (exact) mass is 299 g/mol. The van der Waals surface area contributed by atoms with E-state index in [1.54, 1.807) is 16.9 Å². The molecule has 1 saturated heterocycles. The third-order valence-electron chi connectivity index (χ3n) is 3.80. The number of nitrogens with one attached hydrogen (secondary N) is 3. The van der Waals surface area contributed by atoms with Gasteiger partial charge in [-0.25, -0.2) is 10.9 Å². The summed E-state index contributed by atoms with van der Waals surface area (Å²) in [7, 11) is 0. The summed E-state index contributed by atoms with van der Waals surface area (Å²) in [6.07, 6.45) is 3.32. The highest BCUT2D eigenvalue weighted by molar-refractivity contribution is 5.92. The normalized spacial score (nSPS) is 21.0. The molecule has 3 rings (SSSR count). The minimum Gasteiger partial charge on any atom is -0.334 e. The van der Waals surface area contributed by atoms with E-state index in [2.05, 4.69) is 40.3 Å². The molecule has 1 aromatic heterocycles. The van der Waals surface area contributed by atoms with E-state index in [9.17, 15) is 4.79 Å². The van der Waals surface area contributed by atoms with Crippen molar-refractivity contribution in [2.24, 2.45) is 0 Å². The van der Waals surface area contributed by atoms with Crippen molar-refractivity contribution >= 4 is 5.91 Å². The van der Waals surface area contributed by atoms with Crippen molar-refractivity contribution in [3.8, 4) is 0 Å². The van der Waals surface area contributed by atoms with Crippen LogP contribution in [0, 0.1) is 0 Å². The Bertz CT molecular complexity index is 624. The highest BCUT2D eigenvalue weighted by Crippen LogP contribution is 2.20. The first kappa shape index (κ1) is 14.7. The molecule has 6 heteroatoms. The molecule has 2 heterocycles. The maximum absolute atomic E-state index is 12.4. The molecule has 3 N–H and O–H groups in total. The summed E-state index contributed by atoms with van der Waals surface area (Å²) in [5, 5.41) is 7.19. The van der Waals surface area contributed by atoms with Crippen molar-refractivity contribution in [3.05, 3.63) is 53.9 Å². The van der Waals surface area contributed by atoms with Crippen molar-refractivity contribution in [1.29, 1.82) is 0 Å². The number of carbonyl (C=O) groups excluding carboxylic acids is 1. The zero-order valence-corrected chi connectivity index (χ0v) is 12.6. The van der Waals surface area contributed by atoms with Gasteiger partial charge in [0.2, 0.25) is 0 Å². The van der Waals surface area contributed by atoms with Gasteiger partial charge in [0.05, 0.1) is 6.17 Å². The van der Waals surface area contributed by atoms with Crippen LogP contribution in [0.5, 0.6) is 0 Å². The van der Waals surface area contributed by atoms with Gasteiger partial charge < -0.3 is 5.32 Å². The largest absolute Gasteiger partial charge is 0.334 e. The van der Waals surface area contributed by atoms with Crippen LogP contribution in [-0.4, -0.2) is 21.9 Å². The zero-order chi connectivity index (χ0) is 15.4. The highest BCUT2D eigenvalue weighted by Gasteiger charge is 2.26. The third kappa shape index (κ3) is 3.18. The number of benzene rings is 1. The molecule has 1 aliphatic rings. The fraction of sp³-hybridized carbons (Fsp3) is 0.375. The Balaban J connectivity index is 1.60. The number of carbonyl (C=O) groups is 1. The first-order valence-corrected chi connectivity index (χ1v) is 7.66. The lowest BCUT2D eigenvalue weighted by Crippen LogP contribution is -2.44. The van der Waals surface area contributed by atoms with Gasteiger partial charge in [-0.15, -0.1) is 0 Å². The van der Waals surface area contributed by atoms with E-state index in [1.165, 1.54) is 5.56 Å². The molecule has 0 saturated carbocycles. The molecule has 0 spiro atoms. The van der Waals surface area contributed by atoms with Crippen LogP contribution in [0.25, 0.3) is 0 Å². The molecule has 0 bridgehead atoms. The van der Waals surface area contributed by atoms with Crippen molar-refractivity contribution in [3.63, 3.8) is 0 Å². The lowest BCUT2D eigenvalue weighted by atomic mass is 10.0. The summed E-state index contributed by atoms with van der Waals surface area (Å²) in [5.74, 6) is -0.0982. The van der Waals surface area contributed by atoms with E-state index in [0.717, 1.165) is 19.4 Å².